The van der Waals surface area contributed by atoms with E-state index < -0.39 is 0 Å². The molecule has 33 heavy (non-hydrogen) atoms. The zero-order chi connectivity index (χ0) is 23.3. The SMILES string of the molecule is Cc1c(-c2c3ccccc3n(C(C)C)[n+]2C)cc(C#N)cc1-[n+]1cc2ccccc2cc1C. The maximum Gasteiger partial charge on any atom is 0.246 e. The summed E-state index contributed by atoms with van der Waals surface area (Å²) in [6.07, 6.45) is 2.18. The Hall–Kier alpha value is -3.97. The molecule has 0 fully saturated rings. The third kappa shape index (κ3) is 3.29. The molecule has 0 saturated carbocycles. The molecule has 0 radical (unpaired) electrons. The average molecular weight is 433 g/mol. The van der Waals surface area contributed by atoms with Gasteiger partial charge in [0.05, 0.1) is 28.6 Å². The minimum atomic E-state index is 0.310. The molecule has 0 aliphatic heterocycles. The summed E-state index contributed by atoms with van der Waals surface area (Å²) in [4.78, 5) is 0. The molecule has 0 unspecified atom stereocenters. The maximum atomic E-state index is 9.92. The van der Waals surface area contributed by atoms with E-state index in [1.807, 2.05) is 12.1 Å². The molecule has 4 nitrogen and oxygen atoms in total. The first kappa shape index (κ1) is 20.9. The van der Waals surface area contributed by atoms with E-state index in [2.05, 4.69) is 116 Å². The van der Waals surface area contributed by atoms with Gasteiger partial charge in [-0.3, -0.25) is 0 Å². The van der Waals surface area contributed by atoms with Crippen LogP contribution in [0.2, 0.25) is 0 Å². The predicted molar refractivity (Wildman–Crippen MR) is 132 cm³/mol. The fourth-order valence-electron chi connectivity index (χ4n) is 5.08. The molecular weight excluding hydrogens is 404 g/mol. The topological polar surface area (TPSA) is 36.5 Å². The number of aryl methyl sites for hydroxylation is 1. The number of fused-ring (bicyclic) bond motifs is 2. The van der Waals surface area contributed by atoms with Crippen LogP contribution in [0.4, 0.5) is 0 Å². The van der Waals surface area contributed by atoms with Crippen LogP contribution in [0.5, 0.6) is 0 Å². The first-order valence-electron chi connectivity index (χ1n) is 11.4. The lowest BCUT2D eigenvalue weighted by Crippen LogP contribution is -2.41. The minimum Gasteiger partial charge on any atom is -0.192 e. The zero-order valence-electron chi connectivity index (χ0n) is 19.8. The van der Waals surface area contributed by atoms with Gasteiger partial charge in [-0.25, -0.2) is 0 Å². The maximum absolute atomic E-state index is 9.92. The minimum absolute atomic E-state index is 0.310. The number of pyridine rings is 1. The number of aromatic nitrogens is 3. The van der Waals surface area contributed by atoms with Crippen molar-refractivity contribution in [3.05, 3.63) is 89.7 Å². The summed E-state index contributed by atoms with van der Waals surface area (Å²) >= 11 is 0. The number of benzene rings is 3. The first-order valence-corrected chi connectivity index (χ1v) is 11.4. The lowest BCUT2D eigenvalue weighted by molar-refractivity contribution is -0.743. The van der Waals surface area contributed by atoms with Crippen LogP contribution in [0, 0.1) is 25.2 Å². The summed E-state index contributed by atoms with van der Waals surface area (Å²) in [6.45, 7) is 8.69. The van der Waals surface area contributed by atoms with Crippen LogP contribution in [0.1, 0.15) is 36.7 Å². The van der Waals surface area contributed by atoms with Crippen molar-refractivity contribution < 1.29 is 9.25 Å². The number of para-hydroxylation sites is 1. The highest BCUT2D eigenvalue weighted by atomic mass is 15.4. The Labute approximate surface area is 194 Å². The monoisotopic (exact) mass is 432 g/mol. The molecule has 0 saturated heterocycles. The number of nitrogens with zero attached hydrogens (tertiary/aromatic N) is 4. The highest BCUT2D eigenvalue weighted by Crippen LogP contribution is 2.33. The van der Waals surface area contributed by atoms with Crippen molar-refractivity contribution in [1.29, 1.82) is 5.26 Å². The van der Waals surface area contributed by atoms with Gasteiger partial charge in [-0.05, 0) is 50.4 Å². The summed E-state index contributed by atoms with van der Waals surface area (Å²) in [6, 6.07) is 25.9. The number of nitriles is 1. The third-order valence-electron chi connectivity index (χ3n) is 6.57. The Morgan fingerprint density at radius 3 is 2.33 bits per heavy atom. The van der Waals surface area contributed by atoms with Crippen molar-refractivity contribution in [3.63, 3.8) is 0 Å². The first-order chi connectivity index (χ1) is 15.9. The molecule has 162 valence electrons. The van der Waals surface area contributed by atoms with Crippen molar-refractivity contribution >= 4 is 21.7 Å². The van der Waals surface area contributed by atoms with Gasteiger partial charge in [0.2, 0.25) is 11.4 Å². The van der Waals surface area contributed by atoms with Gasteiger partial charge in [0, 0.05) is 30.0 Å². The van der Waals surface area contributed by atoms with Crippen LogP contribution >= 0.6 is 0 Å². The summed E-state index contributed by atoms with van der Waals surface area (Å²) < 4.78 is 6.77. The molecule has 0 bridgehead atoms. The van der Waals surface area contributed by atoms with Gasteiger partial charge in [0.25, 0.3) is 0 Å². The Kier molecular flexibility index (Phi) is 4.98. The average Bonchev–Trinajstić information content (AvgIpc) is 3.10. The van der Waals surface area contributed by atoms with Crippen LogP contribution in [0.3, 0.4) is 0 Å². The van der Waals surface area contributed by atoms with Gasteiger partial charge in [-0.15, -0.1) is 4.68 Å². The van der Waals surface area contributed by atoms with Gasteiger partial charge < -0.3 is 0 Å². The summed E-state index contributed by atoms with van der Waals surface area (Å²) in [5.41, 5.74) is 7.39. The van der Waals surface area contributed by atoms with E-state index in [-0.39, 0.29) is 0 Å². The molecule has 0 N–H and O–H groups in total. The molecule has 0 atom stereocenters. The number of hydrogen-bond acceptors (Lipinski definition) is 1. The van der Waals surface area contributed by atoms with Gasteiger partial charge in [-0.2, -0.15) is 14.5 Å². The zero-order valence-corrected chi connectivity index (χ0v) is 19.8. The number of hydrogen-bond donors (Lipinski definition) is 0. The van der Waals surface area contributed by atoms with E-state index in [9.17, 15) is 5.26 Å². The molecule has 4 heteroatoms. The highest BCUT2D eigenvalue weighted by Gasteiger charge is 2.29. The molecular formula is C29H28N4+2. The fourth-order valence-corrected chi connectivity index (χ4v) is 5.08. The lowest BCUT2D eigenvalue weighted by Gasteiger charge is -2.10. The van der Waals surface area contributed by atoms with Gasteiger partial charge in [0.15, 0.2) is 18.9 Å². The molecule has 0 aliphatic rings. The fraction of sp³-hybridized carbons (Fsp3) is 0.207. The quantitative estimate of drug-likeness (QED) is 0.340. The lowest BCUT2D eigenvalue weighted by atomic mass is 9.97. The molecule has 3 aromatic carbocycles. The summed E-state index contributed by atoms with van der Waals surface area (Å²) in [5, 5.41) is 13.5. The Bertz CT molecular complexity index is 1580. The molecule has 5 aromatic rings. The van der Waals surface area contributed by atoms with Crippen molar-refractivity contribution in [3.8, 4) is 23.0 Å². The normalized spacial score (nSPS) is 11.4. The second-order valence-electron chi connectivity index (χ2n) is 9.02. The van der Waals surface area contributed by atoms with E-state index in [1.54, 1.807) is 0 Å². The predicted octanol–water partition coefficient (Wildman–Crippen LogP) is 5.63. The van der Waals surface area contributed by atoms with E-state index in [1.165, 1.54) is 21.7 Å². The molecule has 2 heterocycles. The van der Waals surface area contributed by atoms with E-state index in [0.29, 0.717) is 11.6 Å². The molecule has 0 spiro atoms. The van der Waals surface area contributed by atoms with Crippen LogP contribution in [-0.4, -0.2) is 4.68 Å². The largest absolute Gasteiger partial charge is 0.246 e. The summed E-state index contributed by atoms with van der Waals surface area (Å²) in [5.74, 6) is 0. The number of rotatable bonds is 3. The van der Waals surface area contributed by atoms with Crippen molar-refractivity contribution in [2.45, 2.75) is 33.7 Å². The van der Waals surface area contributed by atoms with Crippen LogP contribution in [0.25, 0.3) is 38.6 Å². The van der Waals surface area contributed by atoms with Crippen molar-refractivity contribution in [2.24, 2.45) is 7.05 Å². The molecule has 0 aliphatic carbocycles. The van der Waals surface area contributed by atoms with Gasteiger partial charge >= 0.3 is 0 Å². The van der Waals surface area contributed by atoms with Crippen LogP contribution < -0.4 is 9.25 Å². The second kappa shape index (κ2) is 7.86. The van der Waals surface area contributed by atoms with Crippen LogP contribution in [0.15, 0.2) is 72.9 Å². The second-order valence-corrected chi connectivity index (χ2v) is 9.02. The van der Waals surface area contributed by atoms with Gasteiger partial charge in [0.1, 0.15) is 5.52 Å². The van der Waals surface area contributed by atoms with Crippen molar-refractivity contribution in [1.82, 2.24) is 4.68 Å². The van der Waals surface area contributed by atoms with Gasteiger partial charge in [-0.1, -0.05) is 30.3 Å². The molecule has 5 rings (SSSR count). The van der Waals surface area contributed by atoms with E-state index in [0.717, 1.165) is 28.2 Å². The van der Waals surface area contributed by atoms with E-state index in [4.69, 9.17) is 0 Å². The Balaban J connectivity index is 1.85. The van der Waals surface area contributed by atoms with Crippen LogP contribution in [-0.2, 0) is 7.05 Å². The Morgan fingerprint density at radius 2 is 1.61 bits per heavy atom. The molecule has 2 aromatic heterocycles. The Morgan fingerprint density at radius 1 is 0.909 bits per heavy atom. The smallest absolute Gasteiger partial charge is 0.192 e. The highest BCUT2D eigenvalue weighted by molar-refractivity contribution is 5.93. The van der Waals surface area contributed by atoms with Crippen molar-refractivity contribution in [2.75, 3.05) is 0 Å². The standard InChI is InChI=1S/C29H28N4/c1-19(2)33-27-13-9-8-12-25(27)29(31(33)5)26-15-22(17-30)16-28(21(26)4)32-18-24-11-7-6-10-23(24)14-20(32)3/h6-16,18-19H,1-5H3/q+2. The molecule has 0 amide bonds. The van der Waals surface area contributed by atoms with E-state index >= 15 is 0 Å². The summed E-state index contributed by atoms with van der Waals surface area (Å²) in [7, 11) is 2.11. The third-order valence-corrected chi connectivity index (χ3v) is 6.57.